The Morgan fingerprint density at radius 1 is 1.00 bits per heavy atom. The van der Waals surface area contributed by atoms with Crippen molar-refractivity contribution < 1.29 is 9.53 Å². The number of benzene rings is 2. The number of hydrogen-bond donors (Lipinski definition) is 0. The molecule has 7 heteroatoms. The zero-order valence-electron chi connectivity index (χ0n) is 15.5. The lowest BCUT2D eigenvalue weighted by molar-refractivity contribution is 0.0518. The van der Waals surface area contributed by atoms with Gasteiger partial charge in [-0.15, -0.1) is 0 Å². The molecule has 2 aromatic carbocycles. The van der Waals surface area contributed by atoms with E-state index in [4.69, 9.17) is 4.74 Å². The third-order valence-corrected chi connectivity index (χ3v) is 4.33. The maximum Gasteiger partial charge on any atom is 0.361 e. The van der Waals surface area contributed by atoms with Crippen molar-refractivity contribution in [1.29, 1.82) is 0 Å². The summed E-state index contributed by atoms with van der Waals surface area (Å²) in [6.07, 6.45) is 1.59. The predicted molar refractivity (Wildman–Crippen MR) is 104 cm³/mol. The van der Waals surface area contributed by atoms with Gasteiger partial charge in [0.2, 0.25) is 0 Å². The summed E-state index contributed by atoms with van der Waals surface area (Å²) in [6, 6.07) is 16.7. The molecule has 0 radical (unpaired) electrons. The van der Waals surface area contributed by atoms with Crippen molar-refractivity contribution in [2.75, 3.05) is 6.61 Å². The molecule has 2 heterocycles. The van der Waals surface area contributed by atoms with Crippen LogP contribution in [-0.2, 0) is 4.74 Å². The van der Waals surface area contributed by atoms with Gasteiger partial charge in [0.1, 0.15) is 5.69 Å². The fourth-order valence-electron chi connectivity index (χ4n) is 2.92. The first-order valence-electron chi connectivity index (χ1n) is 8.91. The van der Waals surface area contributed by atoms with Crippen LogP contribution >= 0.6 is 0 Å². The van der Waals surface area contributed by atoms with E-state index >= 15 is 0 Å². The van der Waals surface area contributed by atoms with E-state index in [1.165, 1.54) is 9.36 Å². The van der Waals surface area contributed by atoms with Crippen LogP contribution in [0, 0.1) is 6.92 Å². The third-order valence-electron chi connectivity index (χ3n) is 4.33. The quantitative estimate of drug-likeness (QED) is 0.513. The minimum atomic E-state index is -0.619. The molecule has 0 aliphatic carbocycles. The molecule has 28 heavy (non-hydrogen) atoms. The summed E-state index contributed by atoms with van der Waals surface area (Å²) < 4.78 is 7.91. The second kappa shape index (κ2) is 7.11. The maximum atomic E-state index is 13.0. The van der Waals surface area contributed by atoms with Crippen LogP contribution in [0.15, 0.2) is 65.6 Å². The summed E-state index contributed by atoms with van der Waals surface area (Å²) in [7, 11) is 0. The second-order valence-corrected chi connectivity index (χ2v) is 6.29. The van der Waals surface area contributed by atoms with Crippen LogP contribution < -0.4 is 5.56 Å². The van der Waals surface area contributed by atoms with Crippen molar-refractivity contribution in [3.8, 4) is 22.6 Å². The van der Waals surface area contributed by atoms with Gasteiger partial charge in [0.05, 0.1) is 23.5 Å². The van der Waals surface area contributed by atoms with Crippen LogP contribution in [0.1, 0.15) is 23.0 Å². The van der Waals surface area contributed by atoms with E-state index in [1.54, 1.807) is 25.3 Å². The van der Waals surface area contributed by atoms with Gasteiger partial charge in [-0.2, -0.15) is 14.9 Å². The average Bonchev–Trinajstić information content (AvgIpc) is 3.05. The van der Waals surface area contributed by atoms with Crippen LogP contribution in [0.2, 0.25) is 0 Å². The lowest BCUT2D eigenvalue weighted by atomic mass is 10.2. The Balaban J connectivity index is 1.97. The highest BCUT2D eigenvalue weighted by Crippen LogP contribution is 2.23. The molecule has 2 aliphatic rings. The fourth-order valence-corrected chi connectivity index (χ4v) is 2.92. The number of nitrogens with zero attached hydrogens (tertiary/aromatic N) is 4. The number of hydrogen-bond acceptors (Lipinski definition) is 5. The highest BCUT2D eigenvalue weighted by Gasteiger charge is 2.27. The summed E-state index contributed by atoms with van der Waals surface area (Å²) in [4.78, 5) is 25.5. The second-order valence-electron chi connectivity index (χ2n) is 6.29. The van der Waals surface area contributed by atoms with Crippen molar-refractivity contribution in [2.24, 2.45) is 0 Å². The summed E-state index contributed by atoms with van der Waals surface area (Å²) >= 11 is 0. The number of esters is 1. The number of ether oxygens (including phenoxy) is 1. The fraction of sp³-hybridized carbons (Fsp3) is 0.143. The first-order valence-corrected chi connectivity index (χ1v) is 8.91. The zero-order chi connectivity index (χ0) is 19.7. The number of rotatable bonds is 4. The van der Waals surface area contributed by atoms with Crippen LogP contribution in [0.3, 0.4) is 0 Å². The van der Waals surface area contributed by atoms with Crippen LogP contribution in [0.25, 0.3) is 22.6 Å². The van der Waals surface area contributed by atoms with Crippen LogP contribution in [0.5, 0.6) is 0 Å². The number of para-hydroxylation sites is 1. The smallest absolute Gasteiger partial charge is 0.361 e. The molecule has 0 amide bonds. The summed E-state index contributed by atoms with van der Waals surface area (Å²) in [6.45, 7) is 3.90. The molecular weight excluding hydrogens is 356 g/mol. The van der Waals surface area contributed by atoms with Crippen LogP contribution in [-0.4, -0.2) is 32.1 Å². The maximum absolute atomic E-state index is 13.0. The number of aromatic nitrogens is 4. The Morgan fingerprint density at radius 2 is 1.71 bits per heavy atom. The normalized spacial score (nSPS) is 10.9. The van der Waals surface area contributed by atoms with Gasteiger partial charge in [-0.05, 0) is 38.1 Å². The Bertz CT molecular complexity index is 1160. The Labute approximate surface area is 161 Å². The molecule has 0 N–H and O–H groups in total. The van der Waals surface area contributed by atoms with Gasteiger partial charge in [0.25, 0.3) is 5.56 Å². The predicted octanol–water partition coefficient (Wildman–Crippen LogP) is 3.01. The van der Waals surface area contributed by atoms with Gasteiger partial charge in [0.15, 0.2) is 5.69 Å². The van der Waals surface area contributed by atoms with Crippen molar-refractivity contribution in [1.82, 2.24) is 19.6 Å². The van der Waals surface area contributed by atoms with Crippen LogP contribution in [0.4, 0.5) is 0 Å². The molecule has 0 unspecified atom stereocenters. The van der Waals surface area contributed by atoms with E-state index < -0.39 is 5.97 Å². The van der Waals surface area contributed by atoms with E-state index in [9.17, 15) is 9.59 Å². The number of fused-ring (bicyclic) bond motifs is 1. The van der Waals surface area contributed by atoms with Gasteiger partial charge >= 0.3 is 5.97 Å². The summed E-state index contributed by atoms with van der Waals surface area (Å²) in [5, 5.41) is 8.76. The SMILES string of the molecule is CCOC(=O)c1nn(-c2ccc(C)cc2)cc2c(=O)n(-c3ccccc3)nc1-2. The lowest BCUT2D eigenvalue weighted by Gasteiger charge is -2.11. The molecule has 140 valence electrons. The molecule has 0 bridgehead atoms. The van der Waals surface area contributed by atoms with Gasteiger partial charge < -0.3 is 4.74 Å². The standard InChI is InChI=1S/C21H18N4O3/c1-3-28-21(27)19-18-17(13-24(22-19)15-11-9-14(2)10-12-15)20(26)25(23-18)16-7-5-4-6-8-16/h4-13H,3H2,1-2H3. The molecule has 0 atom stereocenters. The van der Waals surface area contributed by atoms with Gasteiger partial charge in [0, 0.05) is 6.20 Å². The molecule has 4 rings (SSSR count). The molecule has 0 saturated carbocycles. The van der Waals surface area contributed by atoms with E-state index in [0.29, 0.717) is 11.3 Å². The lowest BCUT2D eigenvalue weighted by Crippen LogP contribution is -2.17. The molecule has 2 aromatic rings. The highest BCUT2D eigenvalue weighted by atomic mass is 16.5. The van der Waals surface area contributed by atoms with E-state index in [-0.39, 0.29) is 23.6 Å². The topological polar surface area (TPSA) is 79.0 Å². The Hall–Kier alpha value is -3.74. The van der Waals surface area contributed by atoms with E-state index in [2.05, 4.69) is 10.2 Å². The molecule has 0 saturated heterocycles. The minimum Gasteiger partial charge on any atom is -0.461 e. The van der Waals surface area contributed by atoms with Crippen molar-refractivity contribution in [2.45, 2.75) is 13.8 Å². The average molecular weight is 374 g/mol. The Morgan fingerprint density at radius 3 is 2.39 bits per heavy atom. The molecule has 0 aromatic heterocycles. The number of carbonyl (C=O) groups is 1. The number of carbonyl (C=O) groups excluding carboxylic acids is 1. The van der Waals surface area contributed by atoms with Gasteiger partial charge in [-0.1, -0.05) is 35.9 Å². The molecular formula is C21H18N4O3. The monoisotopic (exact) mass is 374 g/mol. The molecule has 0 spiro atoms. The first-order chi connectivity index (χ1) is 13.6. The zero-order valence-corrected chi connectivity index (χ0v) is 15.5. The third kappa shape index (κ3) is 3.07. The Kier molecular flexibility index (Phi) is 4.49. The molecule has 0 fully saturated rings. The van der Waals surface area contributed by atoms with Gasteiger partial charge in [-0.25, -0.2) is 9.48 Å². The minimum absolute atomic E-state index is 0.00621. The van der Waals surface area contributed by atoms with Crippen molar-refractivity contribution in [3.63, 3.8) is 0 Å². The summed E-state index contributed by atoms with van der Waals surface area (Å²) in [5.41, 5.74) is 2.63. The summed E-state index contributed by atoms with van der Waals surface area (Å²) in [5.74, 6) is -0.619. The molecule has 2 aliphatic heterocycles. The number of aryl methyl sites for hydroxylation is 1. The highest BCUT2D eigenvalue weighted by molar-refractivity contribution is 5.94. The van der Waals surface area contributed by atoms with E-state index in [1.807, 2.05) is 49.4 Å². The molecule has 7 nitrogen and oxygen atoms in total. The van der Waals surface area contributed by atoms with Crippen molar-refractivity contribution >= 4 is 5.97 Å². The first kappa shape index (κ1) is 17.7. The largest absolute Gasteiger partial charge is 0.461 e. The van der Waals surface area contributed by atoms with Crippen molar-refractivity contribution in [3.05, 3.63) is 82.4 Å². The van der Waals surface area contributed by atoms with E-state index in [0.717, 1.165) is 11.3 Å². The van der Waals surface area contributed by atoms with Gasteiger partial charge in [-0.3, -0.25) is 4.79 Å².